The number of hydrogen-bond donors (Lipinski definition) is 0. The van der Waals surface area contributed by atoms with Gasteiger partial charge in [-0.15, -0.1) is 10.2 Å². The normalized spacial score (nSPS) is 15.1. The van der Waals surface area contributed by atoms with Gasteiger partial charge in [0.25, 0.3) is 5.89 Å². The molecule has 3 aromatic rings. The molecule has 1 aliphatic heterocycles. The van der Waals surface area contributed by atoms with Gasteiger partial charge in [-0.25, -0.2) is 0 Å². The van der Waals surface area contributed by atoms with Crippen molar-refractivity contribution in [2.75, 3.05) is 13.1 Å². The first-order valence-corrected chi connectivity index (χ1v) is 9.33. The number of piperidine rings is 1. The molecule has 4 rings (SSSR count). The first kappa shape index (κ1) is 16.8. The summed E-state index contributed by atoms with van der Waals surface area (Å²) in [6.45, 7) is 6.04. The summed E-state index contributed by atoms with van der Waals surface area (Å²) in [5.41, 5.74) is 1.81. The van der Waals surface area contributed by atoms with E-state index in [1.807, 2.05) is 53.6 Å². The summed E-state index contributed by atoms with van der Waals surface area (Å²) in [5, 5.41) is 9.44. The lowest BCUT2D eigenvalue weighted by Crippen LogP contribution is -2.37. The van der Waals surface area contributed by atoms with E-state index in [4.69, 9.17) is 4.42 Å². The molecule has 1 saturated heterocycles. The van der Waals surface area contributed by atoms with Crippen LogP contribution >= 0.6 is 0 Å². The molecule has 3 heterocycles. The van der Waals surface area contributed by atoms with Gasteiger partial charge in [-0.3, -0.25) is 4.79 Å². The smallest absolute Gasteiger partial charge is 0.264 e. The molecule has 6 heteroatoms. The second-order valence-corrected chi connectivity index (χ2v) is 7.22. The minimum atomic E-state index is 0.149. The average molecular weight is 352 g/mol. The summed E-state index contributed by atoms with van der Waals surface area (Å²) in [6.07, 6.45) is 3.39. The molecule has 1 amide bonds. The number of rotatable bonds is 4. The second-order valence-electron chi connectivity index (χ2n) is 7.22. The van der Waals surface area contributed by atoms with E-state index in [0.717, 1.165) is 42.5 Å². The predicted molar refractivity (Wildman–Crippen MR) is 99.8 cm³/mol. The minimum absolute atomic E-state index is 0.149. The van der Waals surface area contributed by atoms with Crippen LogP contribution in [0.25, 0.3) is 22.5 Å². The summed E-state index contributed by atoms with van der Waals surface area (Å²) < 4.78 is 7.86. The fourth-order valence-corrected chi connectivity index (χ4v) is 3.51. The Morgan fingerprint density at radius 2 is 1.92 bits per heavy atom. The number of nitrogens with zero attached hydrogens (tertiary/aromatic N) is 4. The quantitative estimate of drug-likeness (QED) is 0.716. The molecular weight excluding hydrogens is 328 g/mol. The zero-order chi connectivity index (χ0) is 18.1. The molecule has 0 spiro atoms. The molecule has 0 N–H and O–H groups in total. The first-order chi connectivity index (χ1) is 12.6. The van der Waals surface area contributed by atoms with Crippen molar-refractivity contribution >= 4 is 16.8 Å². The largest absolute Gasteiger partial charge is 0.419 e. The molecule has 6 nitrogen and oxygen atoms in total. The monoisotopic (exact) mass is 352 g/mol. The van der Waals surface area contributed by atoms with E-state index in [2.05, 4.69) is 10.2 Å². The van der Waals surface area contributed by atoms with Crippen molar-refractivity contribution in [1.82, 2.24) is 19.7 Å². The number of aromatic nitrogens is 3. The molecule has 26 heavy (non-hydrogen) atoms. The van der Waals surface area contributed by atoms with Crippen molar-refractivity contribution in [2.24, 2.45) is 0 Å². The third kappa shape index (κ3) is 3.11. The van der Waals surface area contributed by atoms with Crippen LogP contribution in [-0.4, -0.2) is 38.7 Å². The van der Waals surface area contributed by atoms with E-state index in [1.54, 1.807) is 0 Å². The molecule has 0 bridgehead atoms. The SMILES string of the molecule is CC(C)c1nnc(-c2cc3ccccc3n2CC(=O)N2CCCCC2)o1. The lowest BCUT2D eigenvalue weighted by molar-refractivity contribution is -0.132. The van der Waals surface area contributed by atoms with Gasteiger partial charge in [-0.2, -0.15) is 0 Å². The summed E-state index contributed by atoms with van der Waals surface area (Å²) in [4.78, 5) is 14.8. The fraction of sp³-hybridized carbons (Fsp3) is 0.450. The summed E-state index contributed by atoms with van der Waals surface area (Å²) in [5.74, 6) is 1.40. The molecule has 1 aliphatic rings. The Morgan fingerprint density at radius 1 is 1.15 bits per heavy atom. The lowest BCUT2D eigenvalue weighted by atomic mass is 10.1. The number of amides is 1. The van der Waals surface area contributed by atoms with Crippen LogP contribution in [0.5, 0.6) is 0 Å². The molecule has 0 unspecified atom stereocenters. The third-order valence-electron chi connectivity index (χ3n) is 4.97. The van der Waals surface area contributed by atoms with Gasteiger partial charge in [0.2, 0.25) is 11.8 Å². The maximum absolute atomic E-state index is 12.8. The van der Waals surface area contributed by atoms with Crippen LogP contribution in [0.1, 0.15) is 44.9 Å². The number of para-hydroxylation sites is 1. The summed E-state index contributed by atoms with van der Waals surface area (Å²) in [7, 11) is 0. The van der Waals surface area contributed by atoms with E-state index < -0.39 is 0 Å². The highest BCUT2D eigenvalue weighted by Crippen LogP contribution is 2.29. The van der Waals surface area contributed by atoms with E-state index in [-0.39, 0.29) is 11.8 Å². The van der Waals surface area contributed by atoms with Crippen molar-refractivity contribution in [2.45, 2.75) is 45.6 Å². The number of hydrogen-bond acceptors (Lipinski definition) is 4. The van der Waals surface area contributed by atoms with E-state index in [9.17, 15) is 4.79 Å². The van der Waals surface area contributed by atoms with Crippen LogP contribution in [0.15, 0.2) is 34.7 Å². The van der Waals surface area contributed by atoms with E-state index >= 15 is 0 Å². The Kier molecular flexibility index (Phi) is 4.49. The van der Waals surface area contributed by atoms with Crippen LogP contribution in [0, 0.1) is 0 Å². The van der Waals surface area contributed by atoms with Crippen LogP contribution in [-0.2, 0) is 11.3 Å². The summed E-state index contributed by atoms with van der Waals surface area (Å²) in [6, 6.07) is 10.1. The average Bonchev–Trinajstić information content (AvgIpc) is 3.28. The van der Waals surface area contributed by atoms with Gasteiger partial charge < -0.3 is 13.9 Å². The van der Waals surface area contributed by atoms with Gasteiger partial charge in [-0.05, 0) is 31.4 Å². The highest BCUT2D eigenvalue weighted by Gasteiger charge is 2.22. The van der Waals surface area contributed by atoms with Crippen LogP contribution in [0.3, 0.4) is 0 Å². The van der Waals surface area contributed by atoms with Gasteiger partial charge in [0, 0.05) is 29.9 Å². The Balaban J connectivity index is 1.72. The van der Waals surface area contributed by atoms with Crippen LogP contribution in [0.4, 0.5) is 0 Å². The standard InChI is InChI=1S/C20H24N4O2/c1-14(2)19-21-22-20(26-19)17-12-15-8-4-5-9-16(15)24(17)13-18(25)23-10-6-3-7-11-23/h4-5,8-9,12,14H,3,6-7,10-11,13H2,1-2H3. The summed E-state index contributed by atoms with van der Waals surface area (Å²) >= 11 is 0. The first-order valence-electron chi connectivity index (χ1n) is 9.33. The highest BCUT2D eigenvalue weighted by atomic mass is 16.4. The maximum Gasteiger partial charge on any atom is 0.264 e. The molecule has 2 aromatic heterocycles. The van der Waals surface area contributed by atoms with Gasteiger partial charge in [0.05, 0.1) is 0 Å². The minimum Gasteiger partial charge on any atom is -0.419 e. The third-order valence-corrected chi connectivity index (χ3v) is 4.97. The molecule has 0 radical (unpaired) electrons. The van der Waals surface area contributed by atoms with Crippen molar-refractivity contribution < 1.29 is 9.21 Å². The molecular formula is C20H24N4O2. The van der Waals surface area contributed by atoms with Crippen molar-refractivity contribution in [3.63, 3.8) is 0 Å². The molecule has 1 aromatic carbocycles. The van der Waals surface area contributed by atoms with Crippen molar-refractivity contribution in [3.05, 3.63) is 36.2 Å². The molecule has 0 atom stereocenters. The van der Waals surface area contributed by atoms with Gasteiger partial charge >= 0.3 is 0 Å². The van der Waals surface area contributed by atoms with Gasteiger partial charge in [0.1, 0.15) is 12.2 Å². The number of likely N-dealkylation sites (tertiary alicyclic amines) is 1. The number of benzene rings is 1. The zero-order valence-electron chi connectivity index (χ0n) is 15.3. The number of fused-ring (bicyclic) bond motifs is 1. The van der Waals surface area contributed by atoms with Crippen molar-refractivity contribution in [1.29, 1.82) is 0 Å². The van der Waals surface area contributed by atoms with E-state index in [0.29, 0.717) is 18.3 Å². The maximum atomic E-state index is 12.8. The highest BCUT2D eigenvalue weighted by molar-refractivity contribution is 5.88. The molecule has 0 aliphatic carbocycles. The van der Waals surface area contributed by atoms with Crippen LogP contribution in [0.2, 0.25) is 0 Å². The Labute approximate surface area is 152 Å². The molecule has 1 fully saturated rings. The topological polar surface area (TPSA) is 64.2 Å². The molecule has 0 saturated carbocycles. The number of carbonyl (C=O) groups excluding carboxylic acids is 1. The van der Waals surface area contributed by atoms with Gasteiger partial charge in [0.15, 0.2) is 0 Å². The zero-order valence-corrected chi connectivity index (χ0v) is 15.3. The van der Waals surface area contributed by atoms with Gasteiger partial charge in [-0.1, -0.05) is 32.0 Å². The Bertz CT molecular complexity index is 919. The molecule has 136 valence electrons. The number of carbonyl (C=O) groups is 1. The predicted octanol–water partition coefficient (Wildman–Crippen LogP) is 3.83. The Morgan fingerprint density at radius 3 is 2.65 bits per heavy atom. The lowest BCUT2D eigenvalue weighted by Gasteiger charge is -2.27. The second kappa shape index (κ2) is 6.94. The van der Waals surface area contributed by atoms with Crippen molar-refractivity contribution in [3.8, 4) is 11.6 Å². The Hall–Kier alpha value is -2.63. The van der Waals surface area contributed by atoms with E-state index in [1.165, 1.54) is 6.42 Å². The fourth-order valence-electron chi connectivity index (χ4n) is 3.51. The van der Waals surface area contributed by atoms with Crippen LogP contribution < -0.4 is 0 Å².